The van der Waals surface area contributed by atoms with Gasteiger partial charge in [0.05, 0.1) is 11.3 Å². The van der Waals surface area contributed by atoms with Gasteiger partial charge >= 0.3 is 6.18 Å². The van der Waals surface area contributed by atoms with E-state index in [2.05, 4.69) is 20.9 Å². The molecule has 0 aliphatic rings. The highest BCUT2D eigenvalue weighted by atomic mass is 79.9. The Morgan fingerprint density at radius 3 is 2.35 bits per heavy atom. The van der Waals surface area contributed by atoms with Crippen LogP contribution in [0.3, 0.4) is 0 Å². The first kappa shape index (κ1) is 12.1. The van der Waals surface area contributed by atoms with Gasteiger partial charge in [-0.2, -0.15) is 13.2 Å². The van der Waals surface area contributed by atoms with E-state index in [4.69, 9.17) is 0 Å². The van der Waals surface area contributed by atoms with Gasteiger partial charge in [-0.1, -0.05) is 28.1 Å². The van der Waals surface area contributed by atoms with Crippen LogP contribution in [0.4, 0.5) is 13.2 Å². The van der Waals surface area contributed by atoms with Crippen molar-refractivity contribution in [1.29, 1.82) is 0 Å². The molecule has 1 aromatic heterocycles. The molecular weight excluding hydrogens is 295 g/mol. The normalized spacial score (nSPS) is 11.5. The third-order valence-corrected chi connectivity index (χ3v) is 2.89. The summed E-state index contributed by atoms with van der Waals surface area (Å²) in [7, 11) is 0. The standard InChI is InChI=1S/C12H7BrF3N/c13-10-7-8(11-3-1-2-6-17-11)4-5-9(10)12(14,15)16/h1-7H. The zero-order valence-corrected chi connectivity index (χ0v) is 10.1. The zero-order valence-electron chi connectivity index (χ0n) is 8.50. The topological polar surface area (TPSA) is 12.9 Å². The number of halogens is 4. The summed E-state index contributed by atoms with van der Waals surface area (Å²) in [5.41, 5.74) is 0.601. The van der Waals surface area contributed by atoms with E-state index in [1.165, 1.54) is 12.1 Å². The molecule has 1 heterocycles. The molecule has 0 bridgehead atoms. The summed E-state index contributed by atoms with van der Waals surface area (Å²) in [4.78, 5) is 4.08. The van der Waals surface area contributed by atoms with E-state index in [9.17, 15) is 13.2 Å². The molecule has 1 aromatic carbocycles. The summed E-state index contributed by atoms with van der Waals surface area (Å²) in [6.45, 7) is 0. The molecule has 2 aromatic rings. The van der Waals surface area contributed by atoms with E-state index < -0.39 is 11.7 Å². The Hall–Kier alpha value is -1.36. The van der Waals surface area contributed by atoms with Gasteiger partial charge in [0.1, 0.15) is 0 Å². The largest absolute Gasteiger partial charge is 0.417 e. The molecule has 0 saturated carbocycles. The molecule has 17 heavy (non-hydrogen) atoms. The highest BCUT2D eigenvalue weighted by molar-refractivity contribution is 9.10. The van der Waals surface area contributed by atoms with E-state index in [0.717, 1.165) is 6.07 Å². The lowest BCUT2D eigenvalue weighted by Gasteiger charge is -2.10. The highest BCUT2D eigenvalue weighted by Crippen LogP contribution is 2.36. The quantitative estimate of drug-likeness (QED) is 0.754. The van der Waals surface area contributed by atoms with Crippen molar-refractivity contribution >= 4 is 15.9 Å². The number of hydrogen-bond donors (Lipinski definition) is 0. The van der Waals surface area contributed by atoms with Gasteiger partial charge in [0, 0.05) is 16.2 Å². The van der Waals surface area contributed by atoms with E-state index >= 15 is 0 Å². The molecule has 2 rings (SSSR count). The lowest BCUT2D eigenvalue weighted by atomic mass is 10.1. The van der Waals surface area contributed by atoms with Gasteiger partial charge in [0.2, 0.25) is 0 Å². The number of aromatic nitrogens is 1. The molecule has 0 radical (unpaired) electrons. The van der Waals surface area contributed by atoms with Crippen LogP contribution in [0.2, 0.25) is 0 Å². The number of alkyl halides is 3. The minimum absolute atomic E-state index is 0.0214. The Morgan fingerprint density at radius 2 is 1.82 bits per heavy atom. The number of pyridine rings is 1. The number of nitrogens with zero attached hydrogens (tertiary/aromatic N) is 1. The molecule has 0 unspecified atom stereocenters. The molecule has 0 amide bonds. The van der Waals surface area contributed by atoms with Crippen LogP contribution in [0.15, 0.2) is 47.1 Å². The fourth-order valence-corrected chi connectivity index (χ4v) is 2.04. The van der Waals surface area contributed by atoms with Crippen molar-refractivity contribution in [3.05, 3.63) is 52.6 Å². The SMILES string of the molecule is FC(F)(F)c1ccc(-c2ccccn2)cc1Br. The monoisotopic (exact) mass is 301 g/mol. The predicted octanol–water partition coefficient (Wildman–Crippen LogP) is 4.53. The third-order valence-electron chi connectivity index (χ3n) is 2.24. The minimum Gasteiger partial charge on any atom is -0.256 e. The molecule has 0 aliphatic carbocycles. The molecule has 88 valence electrons. The smallest absolute Gasteiger partial charge is 0.256 e. The first-order valence-corrected chi connectivity index (χ1v) is 5.56. The minimum atomic E-state index is -4.35. The van der Waals surface area contributed by atoms with E-state index in [-0.39, 0.29) is 4.47 Å². The van der Waals surface area contributed by atoms with Crippen LogP contribution >= 0.6 is 15.9 Å². The van der Waals surface area contributed by atoms with Crippen molar-refractivity contribution < 1.29 is 13.2 Å². The Kier molecular flexibility index (Phi) is 3.19. The molecule has 0 aliphatic heterocycles. The summed E-state index contributed by atoms with van der Waals surface area (Å²) in [6.07, 6.45) is -2.75. The average molecular weight is 302 g/mol. The number of rotatable bonds is 1. The van der Waals surface area contributed by atoms with Crippen molar-refractivity contribution in [1.82, 2.24) is 4.98 Å². The second-order valence-corrected chi connectivity index (χ2v) is 4.26. The summed E-state index contributed by atoms with van der Waals surface area (Å²) in [5, 5.41) is 0. The molecule has 1 nitrogen and oxygen atoms in total. The van der Waals surface area contributed by atoms with Gasteiger partial charge in [-0.15, -0.1) is 0 Å². The maximum atomic E-state index is 12.5. The van der Waals surface area contributed by atoms with Crippen LogP contribution in [-0.2, 0) is 6.18 Å². The van der Waals surface area contributed by atoms with Gasteiger partial charge in [-0.05, 0) is 24.3 Å². The van der Waals surface area contributed by atoms with Crippen molar-refractivity contribution in [2.24, 2.45) is 0 Å². The third kappa shape index (κ3) is 2.66. The first-order chi connectivity index (χ1) is 7.98. The lowest BCUT2D eigenvalue weighted by Crippen LogP contribution is -2.05. The lowest BCUT2D eigenvalue weighted by molar-refractivity contribution is -0.138. The number of hydrogen-bond acceptors (Lipinski definition) is 1. The van der Waals surface area contributed by atoms with Crippen LogP contribution in [-0.4, -0.2) is 4.98 Å². The fourth-order valence-electron chi connectivity index (χ4n) is 1.44. The molecule has 5 heteroatoms. The average Bonchev–Trinajstić information content (AvgIpc) is 2.28. The Labute approximate surface area is 104 Å². The van der Waals surface area contributed by atoms with E-state index in [1.807, 2.05) is 0 Å². The molecule has 0 atom stereocenters. The van der Waals surface area contributed by atoms with Crippen LogP contribution < -0.4 is 0 Å². The van der Waals surface area contributed by atoms with Crippen molar-refractivity contribution in [3.63, 3.8) is 0 Å². The molecule has 0 saturated heterocycles. The van der Waals surface area contributed by atoms with Crippen molar-refractivity contribution in [2.45, 2.75) is 6.18 Å². The first-order valence-electron chi connectivity index (χ1n) is 4.76. The van der Waals surface area contributed by atoms with Crippen molar-refractivity contribution in [2.75, 3.05) is 0 Å². The second-order valence-electron chi connectivity index (χ2n) is 3.41. The Balaban J connectivity index is 2.45. The van der Waals surface area contributed by atoms with Gasteiger partial charge in [-0.3, -0.25) is 4.98 Å². The molecule has 0 spiro atoms. The maximum absolute atomic E-state index is 12.5. The van der Waals surface area contributed by atoms with Gasteiger partial charge in [-0.25, -0.2) is 0 Å². The molecule has 0 N–H and O–H groups in total. The van der Waals surface area contributed by atoms with Gasteiger partial charge < -0.3 is 0 Å². The Bertz CT molecular complexity index is 523. The van der Waals surface area contributed by atoms with Crippen LogP contribution in [0, 0.1) is 0 Å². The van der Waals surface area contributed by atoms with E-state index in [0.29, 0.717) is 11.3 Å². The van der Waals surface area contributed by atoms with Crippen molar-refractivity contribution in [3.8, 4) is 11.3 Å². The maximum Gasteiger partial charge on any atom is 0.417 e. The van der Waals surface area contributed by atoms with Crippen LogP contribution in [0.5, 0.6) is 0 Å². The number of benzene rings is 1. The molecular formula is C12H7BrF3N. The van der Waals surface area contributed by atoms with Gasteiger partial charge in [0.15, 0.2) is 0 Å². The predicted molar refractivity (Wildman–Crippen MR) is 62.4 cm³/mol. The zero-order chi connectivity index (χ0) is 12.5. The van der Waals surface area contributed by atoms with E-state index in [1.54, 1.807) is 24.4 Å². The second kappa shape index (κ2) is 4.49. The van der Waals surface area contributed by atoms with Crippen LogP contribution in [0.1, 0.15) is 5.56 Å². The summed E-state index contributed by atoms with van der Waals surface area (Å²) < 4.78 is 37.6. The van der Waals surface area contributed by atoms with Crippen LogP contribution in [0.25, 0.3) is 11.3 Å². The summed E-state index contributed by atoms with van der Waals surface area (Å²) in [6, 6.07) is 9.17. The molecule has 0 fully saturated rings. The highest BCUT2D eigenvalue weighted by Gasteiger charge is 2.32. The summed E-state index contributed by atoms with van der Waals surface area (Å²) in [5.74, 6) is 0. The van der Waals surface area contributed by atoms with Gasteiger partial charge in [0.25, 0.3) is 0 Å². The fraction of sp³-hybridized carbons (Fsp3) is 0.0833. The summed E-state index contributed by atoms with van der Waals surface area (Å²) >= 11 is 2.93. The Morgan fingerprint density at radius 1 is 1.06 bits per heavy atom.